The van der Waals surface area contributed by atoms with Crippen LogP contribution in [0.5, 0.6) is 5.75 Å². The molecule has 0 atom stereocenters. The Bertz CT molecular complexity index is 1100. The maximum absolute atomic E-state index is 10.3. The molecule has 0 unspecified atom stereocenters. The number of nitrogens with zero attached hydrogens (tertiary/aromatic N) is 3. The van der Waals surface area contributed by atoms with E-state index in [-0.39, 0.29) is 5.75 Å². The molecule has 0 saturated carbocycles. The highest BCUT2D eigenvalue weighted by Crippen LogP contribution is 2.27. The first-order chi connectivity index (χ1) is 12.8. The Morgan fingerprint density at radius 3 is 2.73 bits per heavy atom. The summed E-state index contributed by atoms with van der Waals surface area (Å²) < 4.78 is 2.15. The number of fused-ring (bicyclic) bond motifs is 2. The Morgan fingerprint density at radius 1 is 1.04 bits per heavy atom. The molecule has 0 radical (unpaired) electrons. The molecule has 4 heteroatoms. The fourth-order valence-electron chi connectivity index (χ4n) is 3.24. The molecule has 4 rings (SSSR count). The van der Waals surface area contributed by atoms with E-state index in [0.717, 1.165) is 46.8 Å². The molecule has 0 aliphatic rings. The molecule has 0 fully saturated rings. The molecule has 0 amide bonds. The zero-order valence-electron chi connectivity index (χ0n) is 14.8. The molecule has 0 spiro atoms. The van der Waals surface area contributed by atoms with E-state index < -0.39 is 0 Å². The van der Waals surface area contributed by atoms with Crippen LogP contribution >= 0.6 is 0 Å². The quantitative estimate of drug-likeness (QED) is 0.490. The monoisotopic (exact) mass is 343 g/mol. The molecule has 4 nitrogen and oxygen atoms in total. The minimum atomic E-state index is 0.226. The summed E-state index contributed by atoms with van der Waals surface area (Å²) >= 11 is 0. The molecule has 0 saturated heterocycles. The topological polar surface area (TPSA) is 50.4 Å². The molecule has 3 aromatic carbocycles. The van der Waals surface area contributed by atoms with Crippen molar-refractivity contribution in [3.63, 3.8) is 0 Å². The minimum absolute atomic E-state index is 0.226. The summed E-state index contributed by atoms with van der Waals surface area (Å²) in [6, 6.07) is 19.7. The van der Waals surface area contributed by atoms with E-state index in [0.29, 0.717) is 5.95 Å². The van der Waals surface area contributed by atoms with Crippen molar-refractivity contribution in [2.45, 2.75) is 26.3 Å². The molecule has 130 valence electrons. The predicted molar refractivity (Wildman–Crippen MR) is 108 cm³/mol. The van der Waals surface area contributed by atoms with Crippen molar-refractivity contribution >= 4 is 34.0 Å². The Kier molecular flexibility index (Phi) is 4.40. The van der Waals surface area contributed by atoms with Gasteiger partial charge in [-0.15, -0.1) is 0 Å². The fraction of sp³-hybridized carbons (Fsp3) is 0.182. The van der Waals surface area contributed by atoms with Crippen molar-refractivity contribution in [1.29, 1.82) is 0 Å². The smallest absolute Gasteiger partial charge is 0.230 e. The average Bonchev–Trinajstić information content (AvgIpc) is 3.03. The van der Waals surface area contributed by atoms with E-state index in [1.807, 2.05) is 48.5 Å². The van der Waals surface area contributed by atoms with Gasteiger partial charge in [0.25, 0.3) is 0 Å². The highest BCUT2D eigenvalue weighted by molar-refractivity contribution is 6.03. The first-order valence-corrected chi connectivity index (χ1v) is 8.98. The van der Waals surface area contributed by atoms with E-state index in [1.54, 1.807) is 12.3 Å². The van der Waals surface area contributed by atoms with Gasteiger partial charge in [0.1, 0.15) is 5.75 Å². The van der Waals surface area contributed by atoms with Crippen LogP contribution in [-0.4, -0.2) is 20.9 Å². The molecule has 4 aromatic rings. The van der Waals surface area contributed by atoms with Crippen LogP contribution in [0.4, 0.5) is 5.95 Å². The van der Waals surface area contributed by atoms with Gasteiger partial charge in [0.15, 0.2) is 0 Å². The summed E-state index contributed by atoms with van der Waals surface area (Å²) in [4.78, 5) is 9.32. The second-order valence-electron chi connectivity index (χ2n) is 6.38. The number of phenols is 1. The van der Waals surface area contributed by atoms with Crippen LogP contribution in [0.1, 0.15) is 25.3 Å². The fourth-order valence-corrected chi connectivity index (χ4v) is 3.24. The van der Waals surface area contributed by atoms with Crippen molar-refractivity contribution in [3.05, 3.63) is 66.2 Å². The zero-order chi connectivity index (χ0) is 17.9. The number of aliphatic imine (C=N–C) groups is 1. The zero-order valence-corrected chi connectivity index (χ0v) is 14.8. The third-order valence-corrected chi connectivity index (χ3v) is 4.63. The summed E-state index contributed by atoms with van der Waals surface area (Å²) in [5.74, 6) is 0.899. The van der Waals surface area contributed by atoms with Crippen LogP contribution < -0.4 is 0 Å². The van der Waals surface area contributed by atoms with Crippen LogP contribution in [0.25, 0.3) is 21.8 Å². The Labute approximate surface area is 152 Å². The summed E-state index contributed by atoms with van der Waals surface area (Å²) in [6.45, 7) is 3.06. The maximum atomic E-state index is 10.3. The second kappa shape index (κ2) is 7.00. The third-order valence-electron chi connectivity index (χ3n) is 4.63. The van der Waals surface area contributed by atoms with Gasteiger partial charge in [0.2, 0.25) is 5.95 Å². The summed E-state index contributed by atoms with van der Waals surface area (Å²) in [5, 5.41) is 12.4. The van der Waals surface area contributed by atoms with Gasteiger partial charge in [-0.1, -0.05) is 55.8 Å². The minimum Gasteiger partial charge on any atom is -0.507 e. The molecule has 0 bridgehead atoms. The number of phenolic OH excluding ortho intramolecular Hbond substituents is 1. The van der Waals surface area contributed by atoms with E-state index in [4.69, 9.17) is 0 Å². The number of hydrogen-bond acceptors (Lipinski definition) is 3. The van der Waals surface area contributed by atoms with E-state index in [1.165, 1.54) is 0 Å². The van der Waals surface area contributed by atoms with Gasteiger partial charge in [-0.2, -0.15) is 0 Å². The summed E-state index contributed by atoms with van der Waals surface area (Å²) in [6.07, 6.45) is 3.91. The number of aromatic hydroxyl groups is 1. The van der Waals surface area contributed by atoms with E-state index >= 15 is 0 Å². The van der Waals surface area contributed by atoms with Gasteiger partial charge < -0.3 is 9.67 Å². The normalized spacial score (nSPS) is 11.7. The van der Waals surface area contributed by atoms with Crippen LogP contribution in [0.15, 0.2) is 65.7 Å². The number of para-hydroxylation sites is 2. The summed E-state index contributed by atoms with van der Waals surface area (Å²) in [5.41, 5.74) is 2.75. The van der Waals surface area contributed by atoms with Gasteiger partial charge in [0.05, 0.1) is 11.0 Å². The lowest BCUT2D eigenvalue weighted by Gasteiger charge is -2.06. The maximum Gasteiger partial charge on any atom is 0.230 e. The van der Waals surface area contributed by atoms with Crippen LogP contribution in [0.3, 0.4) is 0 Å². The SMILES string of the molecule is CCCCn1c(/N=C/c2c(O)ccc3ccccc23)nc2ccccc21. The number of unbranched alkanes of at least 4 members (excludes halogenated alkanes) is 1. The van der Waals surface area contributed by atoms with Crippen molar-refractivity contribution in [1.82, 2.24) is 9.55 Å². The van der Waals surface area contributed by atoms with Crippen molar-refractivity contribution in [2.24, 2.45) is 4.99 Å². The van der Waals surface area contributed by atoms with Gasteiger partial charge in [-0.25, -0.2) is 9.98 Å². The number of aryl methyl sites for hydroxylation is 1. The number of rotatable bonds is 5. The molecular formula is C22H21N3O. The number of imidazole rings is 1. The van der Waals surface area contributed by atoms with Crippen molar-refractivity contribution < 1.29 is 5.11 Å². The third kappa shape index (κ3) is 2.94. The lowest BCUT2D eigenvalue weighted by Crippen LogP contribution is -1.97. The van der Waals surface area contributed by atoms with Gasteiger partial charge in [-0.3, -0.25) is 0 Å². The van der Waals surface area contributed by atoms with Gasteiger partial charge >= 0.3 is 0 Å². The second-order valence-corrected chi connectivity index (χ2v) is 6.38. The highest BCUT2D eigenvalue weighted by atomic mass is 16.3. The predicted octanol–water partition coefficient (Wildman–Crippen LogP) is 5.45. The Hall–Kier alpha value is -3.14. The molecular weight excluding hydrogens is 322 g/mol. The van der Waals surface area contributed by atoms with Gasteiger partial charge in [0, 0.05) is 18.3 Å². The lowest BCUT2D eigenvalue weighted by molar-refractivity contribution is 0.475. The largest absolute Gasteiger partial charge is 0.507 e. The Balaban J connectivity index is 1.81. The first-order valence-electron chi connectivity index (χ1n) is 8.98. The van der Waals surface area contributed by atoms with Gasteiger partial charge in [-0.05, 0) is 35.4 Å². The summed E-state index contributed by atoms with van der Waals surface area (Å²) in [7, 11) is 0. The van der Waals surface area contributed by atoms with Crippen molar-refractivity contribution in [2.75, 3.05) is 0 Å². The molecule has 1 heterocycles. The standard InChI is InChI=1S/C22H21N3O/c1-2-3-14-25-20-11-7-6-10-19(20)24-22(25)23-15-18-17-9-5-4-8-16(17)12-13-21(18)26/h4-13,15,26H,2-3,14H2,1H3/b23-15+. The highest BCUT2D eigenvalue weighted by Gasteiger charge is 2.10. The van der Waals surface area contributed by atoms with Crippen LogP contribution in [0, 0.1) is 0 Å². The lowest BCUT2D eigenvalue weighted by atomic mass is 10.0. The molecule has 0 aliphatic carbocycles. The number of aromatic nitrogens is 2. The Morgan fingerprint density at radius 2 is 1.85 bits per heavy atom. The molecule has 26 heavy (non-hydrogen) atoms. The van der Waals surface area contributed by atoms with Crippen LogP contribution in [0.2, 0.25) is 0 Å². The number of hydrogen-bond donors (Lipinski definition) is 1. The van der Waals surface area contributed by atoms with Crippen LogP contribution in [-0.2, 0) is 6.54 Å². The van der Waals surface area contributed by atoms with E-state index in [9.17, 15) is 5.11 Å². The molecule has 0 aliphatic heterocycles. The first kappa shape index (κ1) is 16.3. The number of benzene rings is 3. The molecule has 1 aromatic heterocycles. The van der Waals surface area contributed by atoms with E-state index in [2.05, 4.69) is 27.5 Å². The average molecular weight is 343 g/mol. The molecule has 1 N–H and O–H groups in total. The van der Waals surface area contributed by atoms with Crippen molar-refractivity contribution in [3.8, 4) is 5.75 Å².